The van der Waals surface area contributed by atoms with Crippen LogP contribution in [0.2, 0.25) is 0 Å². The highest BCUT2D eigenvalue weighted by molar-refractivity contribution is 5.91. The summed E-state index contributed by atoms with van der Waals surface area (Å²) in [5, 5.41) is 0. The molecule has 33 heavy (non-hydrogen) atoms. The first kappa shape index (κ1) is 26.5. The molecule has 2 rings (SSSR count). The fourth-order valence-corrected chi connectivity index (χ4v) is 3.46. The summed E-state index contributed by atoms with van der Waals surface area (Å²) in [7, 11) is 0. The second-order valence-electron chi connectivity index (χ2n) is 8.50. The smallest absolute Gasteiger partial charge is 0.343 e. The molecule has 0 bridgehead atoms. The van der Waals surface area contributed by atoms with E-state index in [1.54, 1.807) is 42.7 Å². The summed E-state index contributed by atoms with van der Waals surface area (Å²) >= 11 is 0. The summed E-state index contributed by atoms with van der Waals surface area (Å²) in [5.74, 6) is 1.58. The van der Waals surface area contributed by atoms with Gasteiger partial charge in [0.2, 0.25) is 0 Å². The fraction of sp³-hybridized carbons (Fsp3) is 0.483. The van der Waals surface area contributed by atoms with Crippen LogP contribution in [0.15, 0.2) is 60.9 Å². The van der Waals surface area contributed by atoms with Crippen molar-refractivity contribution in [2.24, 2.45) is 0 Å². The van der Waals surface area contributed by atoms with Crippen LogP contribution in [-0.4, -0.2) is 12.1 Å². The topological polar surface area (TPSA) is 44.8 Å². The molecule has 0 N–H and O–H groups in total. The van der Waals surface area contributed by atoms with E-state index in [1.165, 1.54) is 51.4 Å². The number of esters is 1. The zero-order valence-corrected chi connectivity index (χ0v) is 20.6. The number of hydrogen-bond donors (Lipinski definition) is 0. The van der Waals surface area contributed by atoms with Gasteiger partial charge in [0, 0.05) is 0 Å². The van der Waals surface area contributed by atoms with Crippen LogP contribution in [0.25, 0.3) is 0 Å². The van der Waals surface area contributed by atoms with E-state index in [9.17, 15) is 4.79 Å². The van der Waals surface area contributed by atoms with Crippen LogP contribution in [0.5, 0.6) is 17.2 Å². The summed E-state index contributed by atoms with van der Waals surface area (Å²) < 4.78 is 17.0. The van der Waals surface area contributed by atoms with Gasteiger partial charge in [-0.15, -0.1) is 0 Å². The van der Waals surface area contributed by atoms with Crippen LogP contribution in [0.3, 0.4) is 0 Å². The lowest BCUT2D eigenvalue weighted by Crippen LogP contribution is -2.12. The molecule has 1 unspecified atom stereocenters. The molecular formula is C29H40O4. The molecule has 0 aliphatic rings. The van der Waals surface area contributed by atoms with E-state index in [1.807, 2.05) is 18.2 Å². The van der Waals surface area contributed by atoms with Gasteiger partial charge in [-0.1, -0.05) is 52.4 Å². The Balaban J connectivity index is 1.75. The van der Waals surface area contributed by atoms with Crippen molar-refractivity contribution in [1.29, 1.82) is 0 Å². The molecule has 0 saturated heterocycles. The monoisotopic (exact) mass is 452 g/mol. The third-order valence-corrected chi connectivity index (χ3v) is 5.45. The molecular weight excluding hydrogens is 412 g/mol. The minimum absolute atomic E-state index is 0.163. The van der Waals surface area contributed by atoms with Gasteiger partial charge in [-0.25, -0.2) is 4.79 Å². The molecule has 0 saturated carbocycles. The lowest BCUT2D eigenvalue weighted by atomic mass is 10.1. The van der Waals surface area contributed by atoms with Crippen molar-refractivity contribution in [3.8, 4) is 17.2 Å². The van der Waals surface area contributed by atoms with Crippen LogP contribution in [0, 0.1) is 0 Å². The molecule has 4 heteroatoms. The van der Waals surface area contributed by atoms with Crippen molar-refractivity contribution < 1.29 is 19.0 Å². The number of ether oxygens (including phenoxy) is 3. The van der Waals surface area contributed by atoms with Gasteiger partial charge in [-0.2, -0.15) is 0 Å². The minimum Gasteiger partial charge on any atom is -0.491 e. The Bertz CT molecular complexity index is 809. The molecule has 4 nitrogen and oxygen atoms in total. The summed E-state index contributed by atoms with van der Waals surface area (Å²) in [4.78, 5) is 12.4. The van der Waals surface area contributed by atoms with Crippen molar-refractivity contribution >= 4 is 5.97 Å². The van der Waals surface area contributed by atoms with Gasteiger partial charge >= 0.3 is 5.97 Å². The molecule has 0 aliphatic heterocycles. The van der Waals surface area contributed by atoms with Crippen LogP contribution >= 0.6 is 0 Å². The highest BCUT2D eigenvalue weighted by Crippen LogP contribution is 2.21. The maximum Gasteiger partial charge on any atom is 0.343 e. The van der Waals surface area contributed by atoms with Crippen LogP contribution < -0.4 is 14.2 Å². The molecule has 0 heterocycles. The third-order valence-electron chi connectivity index (χ3n) is 5.45. The van der Waals surface area contributed by atoms with Crippen molar-refractivity contribution in [1.82, 2.24) is 0 Å². The minimum atomic E-state index is -0.394. The molecule has 180 valence electrons. The predicted molar refractivity (Wildman–Crippen MR) is 135 cm³/mol. The molecule has 0 aliphatic carbocycles. The Morgan fingerprint density at radius 3 is 2.06 bits per heavy atom. The van der Waals surface area contributed by atoms with Crippen molar-refractivity contribution in [3.05, 3.63) is 66.4 Å². The summed E-state index contributed by atoms with van der Waals surface area (Å²) in [6.07, 6.45) is 15.9. The standard InChI is InChI=1S/C29H40O4/c1-4-6-8-10-11-13-23-31-26-19-21-28(22-20-26)33-29(30)25-15-17-27(18-16-25)32-24(3)14-12-9-7-5-2/h13,15-24H,4-12,14H2,1-3H3. The Morgan fingerprint density at radius 1 is 0.788 bits per heavy atom. The first-order valence-electron chi connectivity index (χ1n) is 12.5. The molecule has 0 fully saturated rings. The zero-order chi connectivity index (χ0) is 23.7. The Morgan fingerprint density at radius 2 is 1.39 bits per heavy atom. The second kappa shape index (κ2) is 16.0. The molecule has 1 atom stereocenters. The summed E-state index contributed by atoms with van der Waals surface area (Å²) in [6.45, 7) is 6.51. The fourth-order valence-electron chi connectivity index (χ4n) is 3.46. The number of benzene rings is 2. The number of unbranched alkanes of at least 4 members (excludes halogenated alkanes) is 7. The Labute approximate surface area is 200 Å². The quantitative estimate of drug-likeness (QED) is 0.111. The molecule has 2 aromatic carbocycles. The Kier molecular flexibility index (Phi) is 12.8. The SMILES string of the molecule is CCCCCCC=COc1ccc(OC(=O)c2ccc(OC(C)CCCCCC)cc2)cc1. The van der Waals surface area contributed by atoms with E-state index in [0.717, 1.165) is 18.6 Å². The molecule has 0 radical (unpaired) electrons. The van der Waals surface area contributed by atoms with E-state index in [0.29, 0.717) is 17.1 Å². The third kappa shape index (κ3) is 11.1. The maximum atomic E-state index is 12.4. The van der Waals surface area contributed by atoms with Crippen molar-refractivity contribution in [2.45, 2.75) is 91.1 Å². The normalized spacial score (nSPS) is 12.0. The van der Waals surface area contributed by atoms with E-state index in [4.69, 9.17) is 14.2 Å². The first-order valence-corrected chi connectivity index (χ1v) is 12.5. The summed E-state index contributed by atoms with van der Waals surface area (Å²) in [6, 6.07) is 14.2. The highest BCUT2D eigenvalue weighted by atomic mass is 16.5. The van der Waals surface area contributed by atoms with Gasteiger partial charge in [-0.05, 0) is 87.2 Å². The van der Waals surface area contributed by atoms with Gasteiger partial charge in [0.05, 0.1) is 17.9 Å². The van der Waals surface area contributed by atoms with Gasteiger partial charge in [-0.3, -0.25) is 0 Å². The highest BCUT2D eigenvalue weighted by Gasteiger charge is 2.10. The molecule has 0 spiro atoms. The average Bonchev–Trinajstić information content (AvgIpc) is 2.83. The van der Waals surface area contributed by atoms with Gasteiger partial charge in [0.25, 0.3) is 0 Å². The zero-order valence-electron chi connectivity index (χ0n) is 20.6. The number of carbonyl (C=O) groups is 1. The lowest BCUT2D eigenvalue weighted by molar-refractivity contribution is 0.0734. The largest absolute Gasteiger partial charge is 0.491 e. The predicted octanol–water partition coefficient (Wildman–Crippen LogP) is 8.51. The van der Waals surface area contributed by atoms with Gasteiger partial charge in [0.1, 0.15) is 17.2 Å². The number of carbonyl (C=O) groups excluding carboxylic acids is 1. The summed E-state index contributed by atoms with van der Waals surface area (Å²) in [5.41, 5.74) is 0.490. The molecule has 0 aromatic heterocycles. The van der Waals surface area contributed by atoms with Crippen molar-refractivity contribution in [3.63, 3.8) is 0 Å². The van der Waals surface area contributed by atoms with E-state index in [-0.39, 0.29) is 6.10 Å². The van der Waals surface area contributed by atoms with Crippen molar-refractivity contribution in [2.75, 3.05) is 0 Å². The number of allylic oxidation sites excluding steroid dienone is 1. The number of hydrogen-bond acceptors (Lipinski definition) is 4. The van der Waals surface area contributed by atoms with E-state index in [2.05, 4.69) is 20.8 Å². The second-order valence-corrected chi connectivity index (χ2v) is 8.50. The molecule has 2 aromatic rings. The average molecular weight is 453 g/mol. The van der Waals surface area contributed by atoms with Gasteiger partial charge < -0.3 is 14.2 Å². The van der Waals surface area contributed by atoms with E-state index < -0.39 is 5.97 Å². The molecule has 0 amide bonds. The number of rotatable bonds is 16. The van der Waals surface area contributed by atoms with Crippen LogP contribution in [-0.2, 0) is 0 Å². The lowest BCUT2D eigenvalue weighted by Gasteiger charge is -2.14. The van der Waals surface area contributed by atoms with E-state index >= 15 is 0 Å². The first-order chi connectivity index (χ1) is 16.1. The van der Waals surface area contributed by atoms with Gasteiger partial charge in [0.15, 0.2) is 0 Å². The Hall–Kier alpha value is -2.75. The maximum absolute atomic E-state index is 12.4. The van der Waals surface area contributed by atoms with Crippen LogP contribution in [0.4, 0.5) is 0 Å². The van der Waals surface area contributed by atoms with Crippen LogP contribution in [0.1, 0.15) is 95.3 Å².